The van der Waals surface area contributed by atoms with Crippen LogP contribution in [0.5, 0.6) is 0 Å². The quantitative estimate of drug-likeness (QED) is 0.747. The van der Waals surface area contributed by atoms with Crippen LogP contribution in [0.15, 0.2) is 10.9 Å². The molecular weight excluding hydrogens is 196 g/mol. The van der Waals surface area contributed by atoms with Crippen LogP contribution in [0.1, 0.15) is 12.6 Å². The van der Waals surface area contributed by atoms with Crippen molar-refractivity contribution in [2.75, 3.05) is 26.3 Å². The summed E-state index contributed by atoms with van der Waals surface area (Å²) >= 11 is 1.66. The summed E-state index contributed by atoms with van der Waals surface area (Å²) in [6.45, 7) is 6.12. The molecule has 0 unspecified atom stereocenters. The molecule has 0 bridgehead atoms. The third-order valence-corrected chi connectivity index (χ3v) is 3.13. The lowest BCUT2D eigenvalue weighted by atomic mass is 9.89. The van der Waals surface area contributed by atoms with Gasteiger partial charge in [0.25, 0.3) is 0 Å². The zero-order chi connectivity index (χ0) is 9.86. The van der Waals surface area contributed by atoms with Crippen LogP contribution in [0.3, 0.4) is 0 Å². The number of aromatic nitrogens is 1. The summed E-state index contributed by atoms with van der Waals surface area (Å²) in [4.78, 5) is 4.24. The Morgan fingerprint density at radius 1 is 1.64 bits per heavy atom. The maximum Gasteiger partial charge on any atom is 0.0794 e. The number of rotatable bonds is 5. The Hall–Kier alpha value is -0.450. The molecule has 0 radical (unpaired) electrons. The van der Waals surface area contributed by atoms with Crippen molar-refractivity contribution in [1.29, 1.82) is 0 Å². The van der Waals surface area contributed by atoms with Gasteiger partial charge in [-0.3, -0.25) is 0 Å². The molecule has 2 heterocycles. The largest absolute Gasteiger partial charge is 0.380 e. The Balaban J connectivity index is 1.59. The highest BCUT2D eigenvalue weighted by Gasteiger charge is 2.32. The zero-order valence-electron chi connectivity index (χ0n) is 8.45. The van der Waals surface area contributed by atoms with E-state index in [4.69, 9.17) is 4.74 Å². The number of hydrogen-bond acceptors (Lipinski definition) is 4. The second-order valence-electron chi connectivity index (χ2n) is 4.21. The van der Waals surface area contributed by atoms with Crippen molar-refractivity contribution >= 4 is 11.3 Å². The summed E-state index contributed by atoms with van der Waals surface area (Å²) in [7, 11) is 0. The van der Waals surface area contributed by atoms with E-state index in [1.54, 1.807) is 11.3 Å². The van der Waals surface area contributed by atoms with E-state index < -0.39 is 0 Å². The second-order valence-corrected chi connectivity index (χ2v) is 4.93. The Morgan fingerprint density at radius 2 is 2.50 bits per heavy atom. The normalized spacial score (nSPS) is 19.2. The molecule has 14 heavy (non-hydrogen) atoms. The first kappa shape index (κ1) is 10.1. The maximum atomic E-state index is 5.19. The summed E-state index contributed by atoms with van der Waals surface area (Å²) in [6, 6.07) is 0. The molecule has 1 aliphatic heterocycles. The van der Waals surface area contributed by atoms with Gasteiger partial charge < -0.3 is 10.1 Å². The lowest BCUT2D eigenvalue weighted by Crippen LogP contribution is -2.47. The van der Waals surface area contributed by atoms with E-state index in [-0.39, 0.29) is 0 Å². The molecule has 78 valence electrons. The summed E-state index contributed by atoms with van der Waals surface area (Å²) in [6.07, 6.45) is 1.03. The predicted molar refractivity (Wildman–Crippen MR) is 57.6 cm³/mol. The Morgan fingerprint density at radius 3 is 3.07 bits per heavy atom. The third-order valence-electron chi connectivity index (χ3n) is 2.49. The number of nitrogens with zero attached hydrogens (tertiary/aromatic N) is 1. The fraction of sp³-hybridized carbons (Fsp3) is 0.700. The first-order valence-electron chi connectivity index (χ1n) is 4.94. The van der Waals surface area contributed by atoms with E-state index in [9.17, 15) is 0 Å². The van der Waals surface area contributed by atoms with E-state index in [0.29, 0.717) is 5.41 Å². The van der Waals surface area contributed by atoms with Crippen LogP contribution in [0.4, 0.5) is 0 Å². The molecule has 1 aliphatic rings. The van der Waals surface area contributed by atoms with Gasteiger partial charge in [0, 0.05) is 30.3 Å². The van der Waals surface area contributed by atoms with E-state index >= 15 is 0 Å². The molecule has 1 aromatic rings. The van der Waals surface area contributed by atoms with Gasteiger partial charge in [-0.15, -0.1) is 11.3 Å². The fourth-order valence-electron chi connectivity index (χ4n) is 1.52. The van der Waals surface area contributed by atoms with Crippen molar-refractivity contribution in [3.63, 3.8) is 0 Å². The predicted octanol–water partition coefficient (Wildman–Crippen LogP) is 1.31. The van der Waals surface area contributed by atoms with Crippen molar-refractivity contribution in [2.45, 2.75) is 13.3 Å². The molecule has 0 atom stereocenters. The van der Waals surface area contributed by atoms with Crippen LogP contribution >= 0.6 is 11.3 Å². The minimum atomic E-state index is 0.377. The lowest BCUT2D eigenvalue weighted by molar-refractivity contribution is -0.0988. The van der Waals surface area contributed by atoms with Crippen LogP contribution in [0.25, 0.3) is 0 Å². The molecule has 0 amide bonds. The van der Waals surface area contributed by atoms with Crippen LogP contribution in [-0.2, 0) is 11.2 Å². The minimum Gasteiger partial charge on any atom is -0.380 e. The Labute approximate surface area is 88.5 Å². The monoisotopic (exact) mass is 212 g/mol. The molecule has 3 nitrogen and oxygen atoms in total. The van der Waals surface area contributed by atoms with Gasteiger partial charge in [0.05, 0.1) is 24.4 Å². The van der Waals surface area contributed by atoms with Crippen molar-refractivity contribution < 1.29 is 4.74 Å². The highest BCUT2D eigenvalue weighted by atomic mass is 32.1. The average Bonchev–Trinajstić information content (AvgIpc) is 2.62. The fourth-order valence-corrected chi connectivity index (χ4v) is 2.11. The minimum absolute atomic E-state index is 0.377. The smallest absolute Gasteiger partial charge is 0.0794 e. The van der Waals surface area contributed by atoms with E-state index in [1.807, 2.05) is 5.51 Å². The van der Waals surface area contributed by atoms with Crippen LogP contribution in [0, 0.1) is 5.41 Å². The summed E-state index contributed by atoms with van der Waals surface area (Å²) in [5.41, 5.74) is 3.45. The number of nitrogens with one attached hydrogen (secondary N) is 1. The second kappa shape index (κ2) is 4.38. The SMILES string of the molecule is CC1(CNCCc2cscn2)COC1. The molecule has 1 saturated heterocycles. The van der Waals surface area contributed by atoms with Gasteiger partial charge in [0.2, 0.25) is 0 Å². The molecule has 0 saturated carbocycles. The number of ether oxygens (including phenoxy) is 1. The van der Waals surface area contributed by atoms with Gasteiger partial charge in [0.15, 0.2) is 0 Å². The molecule has 0 spiro atoms. The third kappa shape index (κ3) is 2.53. The van der Waals surface area contributed by atoms with Gasteiger partial charge in [-0.05, 0) is 0 Å². The zero-order valence-corrected chi connectivity index (χ0v) is 9.27. The van der Waals surface area contributed by atoms with Crippen molar-refractivity contribution in [2.24, 2.45) is 5.41 Å². The first-order chi connectivity index (χ1) is 6.79. The molecule has 4 heteroatoms. The summed E-state index contributed by atoms with van der Waals surface area (Å²) in [5, 5.41) is 5.56. The van der Waals surface area contributed by atoms with E-state index in [2.05, 4.69) is 22.6 Å². The highest BCUT2D eigenvalue weighted by Crippen LogP contribution is 2.24. The van der Waals surface area contributed by atoms with Crippen LogP contribution < -0.4 is 5.32 Å². The van der Waals surface area contributed by atoms with Crippen molar-refractivity contribution in [1.82, 2.24) is 10.3 Å². The lowest BCUT2D eigenvalue weighted by Gasteiger charge is -2.38. The van der Waals surface area contributed by atoms with Gasteiger partial charge in [-0.2, -0.15) is 0 Å². The molecule has 0 aliphatic carbocycles. The topological polar surface area (TPSA) is 34.2 Å². The maximum absolute atomic E-state index is 5.19. The Kier molecular flexibility index (Phi) is 3.15. The van der Waals surface area contributed by atoms with Gasteiger partial charge >= 0.3 is 0 Å². The van der Waals surface area contributed by atoms with Crippen LogP contribution in [-0.4, -0.2) is 31.3 Å². The molecular formula is C10H16N2OS. The summed E-state index contributed by atoms with van der Waals surface area (Å²) in [5.74, 6) is 0. The van der Waals surface area contributed by atoms with Crippen molar-refractivity contribution in [3.05, 3.63) is 16.6 Å². The Bertz CT molecular complexity index is 270. The number of thiazole rings is 1. The van der Waals surface area contributed by atoms with Crippen LogP contribution in [0.2, 0.25) is 0 Å². The first-order valence-corrected chi connectivity index (χ1v) is 5.88. The van der Waals surface area contributed by atoms with Gasteiger partial charge in [-0.1, -0.05) is 6.92 Å². The highest BCUT2D eigenvalue weighted by molar-refractivity contribution is 7.07. The summed E-state index contributed by atoms with van der Waals surface area (Å²) < 4.78 is 5.19. The molecule has 1 fully saturated rings. The van der Waals surface area contributed by atoms with Gasteiger partial charge in [0.1, 0.15) is 0 Å². The van der Waals surface area contributed by atoms with Crippen molar-refractivity contribution in [3.8, 4) is 0 Å². The molecule has 2 rings (SSSR count). The van der Waals surface area contributed by atoms with Gasteiger partial charge in [-0.25, -0.2) is 4.98 Å². The molecule has 0 aromatic carbocycles. The molecule has 1 N–H and O–H groups in total. The standard InChI is InChI=1S/C10H16N2OS/c1-10(6-13-7-10)5-11-3-2-9-4-14-8-12-9/h4,8,11H,2-3,5-7H2,1H3. The average molecular weight is 212 g/mol. The number of hydrogen-bond donors (Lipinski definition) is 1. The van der Waals surface area contributed by atoms with E-state index in [1.165, 1.54) is 5.69 Å². The van der Waals surface area contributed by atoms with E-state index in [0.717, 1.165) is 32.7 Å². The molecule has 1 aromatic heterocycles.